The average Bonchev–Trinajstić information content (AvgIpc) is 2.94. The lowest BCUT2D eigenvalue weighted by Crippen LogP contribution is -2.49. The van der Waals surface area contributed by atoms with Crippen LogP contribution in [0.1, 0.15) is 34.1 Å². The van der Waals surface area contributed by atoms with E-state index in [4.69, 9.17) is 4.98 Å². The highest BCUT2D eigenvalue weighted by molar-refractivity contribution is 6.13. The number of rotatable bonds is 6. The monoisotopic (exact) mass is 494 g/mol. The third kappa shape index (κ3) is 5.28. The first-order chi connectivity index (χ1) is 18.0. The number of carbonyl (C=O) groups is 2. The van der Waals surface area contributed by atoms with E-state index in [1.807, 2.05) is 67.3 Å². The largest absolute Gasteiger partial charge is 0.339 e. The molecule has 0 saturated carbocycles. The zero-order valence-electron chi connectivity index (χ0n) is 21.1. The Bertz CT molecular complexity index is 1410. The summed E-state index contributed by atoms with van der Waals surface area (Å²) >= 11 is 0. The molecule has 1 aliphatic rings. The van der Waals surface area contributed by atoms with Gasteiger partial charge in [-0.05, 0) is 48.7 Å². The fourth-order valence-corrected chi connectivity index (χ4v) is 4.79. The number of carbonyl (C=O) groups excluding carboxylic acids is 2. The number of pyridine rings is 1. The van der Waals surface area contributed by atoms with Gasteiger partial charge in [0, 0.05) is 55.3 Å². The summed E-state index contributed by atoms with van der Waals surface area (Å²) in [5.41, 5.74) is 4.91. The SMILES string of the molecule is CCc1nc2ccccc2c(C(=O)Nc2ccc(CC(=O)N3CCN(c4ncccn4)CC3)cc2)c1C. The van der Waals surface area contributed by atoms with Crippen LogP contribution >= 0.6 is 0 Å². The maximum Gasteiger partial charge on any atom is 0.256 e. The minimum Gasteiger partial charge on any atom is -0.339 e. The number of aryl methyl sites for hydroxylation is 1. The Kier molecular flexibility index (Phi) is 7.07. The van der Waals surface area contributed by atoms with Crippen molar-refractivity contribution >= 4 is 34.4 Å². The molecule has 1 fully saturated rings. The van der Waals surface area contributed by atoms with Crippen molar-refractivity contribution in [2.75, 3.05) is 36.4 Å². The van der Waals surface area contributed by atoms with E-state index >= 15 is 0 Å². The Morgan fingerprint density at radius 3 is 2.32 bits per heavy atom. The van der Waals surface area contributed by atoms with Gasteiger partial charge in [0.05, 0.1) is 17.5 Å². The topological polar surface area (TPSA) is 91.3 Å². The molecule has 3 heterocycles. The molecule has 1 aliphatic heterocycles. The third-order valence-electron chi connectivity index (χ3n) is 6.83. The van der Waals surface area contributed by atoms with Gasteiger partial charge in [0.25, 0.3) is 5.91 Å². The number of para-hydroxylation sites is 1. The molecule has 0 atom stereocenters. The standard InChI is InChI=1S/C29H30N6O2/c1-3-24-20(2)27(23-7-4-5-8-25(23)33-24)28(37)32-22-11-9-21(10-12-22)19-26(36)34-15-17-35(18-16-34)29-30-13-6-14-31-29/h4-14H,3,15-19H2,1-2H3,(H,32,37). The zero-order valence-corrected chi connectivity index (χ0v) is 21.1. The molecular formula is C29H30N6O2. The second-order valence-corrected chi connectivity index (χ2v) is 9.17. The number of hydrogen-bond donors (Lipinski definition) is 1. The van der Waals surface area contributed by atoms with E-state index < -0.39 is 0 Å². The highest BCUT2D eigenvalue weighted by atomic mass is 16.2. The van der Waals surface area contributed by atoms with Crippen LogP contribution in [0, 0.1) is 6.92 Å². The number of amides is 2. The molecule has 1 N–H and O–H groups in total. The Balaban J connectivity index is 1.22. The highest BCUT2D eigenvalue weighted by Crippen LogP contribution is 2.25. The normalized spacial score (nSPS) is 13.6. The van der Waals surface area contributed by atoms with Crippen molar-refractivity contribution in [1.29, 1.82) is 0 Å². The Morgan fingerprint density at radius 1 is 0.919 bits per heavy atom. The van der Waals surface area contributed by atoms with E-state index in [0.29, 0.717) is 49.8 Å². The fourth-order valence-electron chi connectivity index (χ4n) is 4.79. The van der Waals surface area contributed by atoms with Gasteiger partial charge in [-0.2, -0.15) is 0 Å². The number of aromatic nitrogens is 3. The summed E-state index contributed by atoms with van der Waals surface area (Å²) in [5.74, 6) is 0.638. The second kappa shape index (κ2) is 10.7. The molecule has 2 aromatic heterocycles. The molecule has 8 nitrogen and oxygen atoms in total. The molecule has 0 spiro atoms. The fraction of sp³-hybridized carbons (Fsp3) is 0.276. The van der Waals surface area contributed by atoms with Crippen molar-refractivity contribution in [3.63, 3.8) is 0 Å². The van der Waals surface area contributed by atoms with Crippen LogP contribution in [0.3, 0.4) is 0 Å². The number of piperazine rings is 1. The number of nitrogens with one attached hydrogen (secondary N) is 1. The van der Waals surface area contributed by atoms with Gasteiger partial charge in [-0.1, -0.05) is 37.3 Å². The van der Waals surface area contributed by atoms with Crippen LogP contribution in [0.4, 0.5) is 11.6 Å². The molecule has 0 aliphatic carbocycles. The van der Waals surface area contributed by atoms with E-state index in [-0.39, 0.29) is 11.8 Å². The van der Waals surface area contributed by atoms with E-state index in [1.54, 1.807) is 18.5 Å². The molecule has 1 saturated heterocycles. The van der Waals surface area contributed by atoms with Crippen LogP contribution in [0.25, 0.3) is 10.9 Å². The summed E-state index contributed by atoms with van der Waals surface area (Å²) in [6.45, 7) is 6.71. The highest BCUT2D eigenvalue weighted by Gasteiger charge is 2.23. The molecule has 0 radical (unpaired) electrons. The van der Waals surface area contributed by atoms with Crippen LogP contribution in [-0.4, -0.2) is 57.8 Å². The molecule has 188 valence electrons. The van der Waals surface area contributed by atoms with E-state index in [2.05, 4.69) is 20.2 Å². The van der Waals surface area contributed by atoms with Crippen LogP contribution in [0.15, 0.2) is 67.0 Å². The number of benzene rings is 2. The molecule has 2 aromatic carbocycles. The van der Waals surface area contributed by atoms with Gasteiger partial charge in [-0.25, -0.2) is 9.97 Å². The van der Waals surface area contributed by atoms with Crippen molar-refractivity contribution in [3.05, 3.63) is 89.4 Å². The second-order valence-electron chi connectivity index (χ2n) is 9.17. The Hall–Kier alpha value is -4.33. The maximum absolute atomic E-state index is 13.3. The van der Waals surface area contributed by atoms with Gasteiger partial charge in [-0.15, -0.1) is 0 Å². The quantitative estimate of drug-likeness (QED) is 0.435. The lowest BCUT2D eigenvalue weighted by Gasteiger charge is -2.34. The number of nitrogens with zero attached hydrogens (tertiary/aromatic N) is 5. The molecule has 4 aromatic rings. The summed E-state index contributed by atoms with van der Waals surface area (Å²) < 4.78 is 0. The first-order valence-corrected chi connectivity index (χ1v) is 12.6. The molecular weight excluding hydrogens is 464 g/mol. The summed E-state index contributed by atoms with van der Waals surface area (Å²) in [5, 5.41) is 3.87. The lowest BCUT2D eigenvalue weighted by molar-refractivity contribution is -0.130. The van der Waals surface area contributed by atoms with E-state index in [9.17, 15) is 9.59 Å². The number of anilines is 2. The average molecular weight is 495 g/mol. The van der Waals surface area contributed by atoms with Crippen LogP contribution in [-0.2, 0) is 17.6 Å². The predicted molar refractivity (Wildman–Crippen MR) is 145 cm³/mol. The number of hydrogen-bond acceptors (Lipinski definition) is 6. The first-order valence-electron chi connectivity index (χ1n) is 12.6. The Morgan fingerprint density at radius 2 is 1.62 bits per heavy atom. The van der Waals surface area contributed by atoms with Crippen LogP contribution < -0.4 is 10.2 Å². The third-order valence-corrected chi connectivity index (χ3v) is 6.83. The van der Waals surface area contributed by atoms with E-state index in [0.717, 1.165) is 34.1 Å². The van der Waals surface area contributed by atoms with Crippen molar-refractivity contribution in [3.8, 4) is 0 Å². The van der Waals surface area contributed by atoms with Crippen molar-refractivity contribution in [2.45, 2.75) is 26.7 Å². The minimum absolute atomic E-state index is 0.0939. The first kappa shape index (κ1) is 24.4. The molecule has 0 unspecified atom stereocenters. The molecule has 37 heavy (non-hydrogen) atoms. The summed E-state index contributed by atoms with van der Waals surface area (Å²) in [4.78, 5) is 43.5. The van der Waals surface area contributed by atoms with Crippen molar-refractivity contribution in [2.24, 2.45) is 0 Å². The zero-order chi connectivity index (χ0) is 25.8. The minimum atomic E-state index is -0.158. The van der Waals surface area contributed by atoms with Crippen molar-refractivity contribution < 1.29 is 9.59 Å². The summed E-state index contributed by atoms with van der Waals surface area (Å²) in [6.07, 6.45) is 4.54. The summed E-state index contributed by atoms with van der Waals surface area (Å²) in [6, 6.07) is 17.0. The molecule has 0 bridgehead atoms. The van der Waals surface area contributed by atoms with Gasteiger partial charge in [-0.3, -0.25) is 14.6 Å². The molecule has 5 rings (SSSR count). The number of fused-ring (bicyclic) bond motifs is 1. The predicted octanol–water partition coefficient (Wildman–Crippen LogP) is 4.04. The van der Waals surface area contributed by atoms with Crippen LogP contribution in [0.2, 0.25) is 0 Å². The Labute approximate surface area is 216 Å². The smallest absolute Gasteiger partial charge is 0.256 e. The lowest BCUT2D eigenvalue weighted by atomic mass is 9.99. The summed E-state index contributed by atoms with van der Waals surface area (Å²) in [7, 11) is 0. The van der Waals surface area contributed by atoms with Gasteiger partial charge in [0.15, 0.2) is 0 Å². The maximum atomic E-state index is 13.3. The van der Waals surface area contributed by atoms with Crippen molar-refractivity contribution in [1.82, 2.24) is 19.9 Å². The molecule has 8 heteroatoms. The van der Waals surface area contributed by atoms with E-state index in [1.165, 1.54) is 0 Å². The van der Waals surface area contributed by atoms with Gasteiger partial charge >= 0.3 is 0 Å². The van der Waals surface area contributed by atoms with Crippen LogP contribution in [0.5, 0.6) is 0 Å². The van der Waals surface area contributed by atoms with Gasteiger partial charge < -0.3 is 15.1 Å². The van der Waals surface area contributed by atoms with Gasteiger partial charge in [0.1, 0.15) is 0 Å². The molecule has 2 amide bonds. The van der Waals surface area contributed by atoms with Gasteiger partial charge in [0.2, 0.25) is 11.9 Å².